The number of aliphatic hydroxyl groups excluding tert-OH is 1. The maximum Gasteiger partial charge on any atom is 0.0841 e. The van der Waals surface area contributed by atoms with E-state index in [9.17, 15) is 5.11 Å². The van der Waals surface area contributed by atoms with Crippen LogP contribution in [0.1, 0.15) is 18.1 Å². The van der Waals surface area contributed by atoms with Gasteiger partial charge in [0.15, 0.2) is 0 Å². The van der Waals surface area contributed by atoms with E-state index in [1.165, 1.54) is 4.90 Å². The molecule has 2 nitrogen and oxygen atoms in total. The SMILES string of the molecule is CSc1ccc(C(O)C2CCOC2)cc1. The normalized spacial score (nSPS) is 22.9. The lowest BCUT2D eigenvalue weighted by Gasteiger charge is -2.16. The number of hydrogen-bond donors (Lipinski definition) is 1. The molecule has 0 aliphatic carbocycles. The second-order valence-electron chi connectivity index (χ2n) is 3.84. The topological polar surface area (TPSA) is 29.5 Å². The summed E-state index contributed by atoms with van der Waals surface area (Å²) in [6, 6.07) is 8.13. The average Bonchev–Trinajstić information content (AvgIpc) is 2.82. The molecule has 0 radical (unpaired) electrons. The summed E-state index contributed by atoms with van der Waals surface area (Å²) in [6.45, 7) is 1.47. The fraction of sp³-hybridized carbons (Fsp3) is 0.500. The molecular formula is C12H16O2S. The largest absolute Gasteiger partial charge is 0.388 e. The Balaban J connectivity index is 2.07. The highest BCUT2D eigenvalue weighted by Crippen LogP contribution is 2.29. The zero-order valence-corrected chi connectivity index (χ0v) is 9.67. The van der Waals surface area contributed by atoms with Gasteiger partial charge in [-0.15, -0.1) is 11.8 Å². The fourth-order valence-corrected chi connectivity index (χ4v) is 2.28. The van der Waals surface area contributed by atoms with Gasteiger partial charge < -0.3 is 9.84 Å². The van der Waals surface area contributed by atoms with Crippen molar-refractivity contribution in [1.82, 2.24) is 0 Å². The minimum atomic E-state index is -0.372. The van der Waals surface area contributed by atoms with Gasteiger partial charge in [0.25, 0.3) is 0 Å². The molecule has 82 valence electrons. The zero-order chi connectivity index (χ0) is 10.7. The van der Waals surface area contributed by atoms with E-state index < -0.39 is 0 Å². The third-order valence-electron chi connectivity index (χ3n) is 2.87. The summed E-state index contributed by atoms with van der Waals surface area (Å²) in [6.07, 6.45) is 2.64. The molecule has 0 bridgehead atoms. The maximum absolute atomic E-state index is 10.1. The number of rotatable bonds is 3. The molecule has 1 aliphatic heterocycles. The Labute approximate surface area is 94.6 Å². The lowest BCUT2D eigenvalue weighted by Crippen LogP contribution is -2.12. The Kier molecular flexibility index (Phi) is 3.67. The van der Waals surface area contributed by atoms with Crippen molar-refractivity contribution >= 4 is 11.8 Å². The zero-order valence-electron chi connectivity index (χ0n) is 8.85. The summed E-state index contributed by atoms with van der Waals surface area (Å²) in [5.74, 6) is 0.269. The molecule has 0 spiro atoms. The molecule has 1 aromatic carbocycles. The number of thioether (sulfide) groups is 1. The van der Waals surface area contributed by atoms with Crippen LogP contribution in [0.2, 0.25) is 0 Å². The molecule has 2 rings (SSSR count). The van der Waals surface area contributed by atoms with Crippen LogP contribution >= 0.6 is 11.8 Å². The summed E-state index contributed by atoms with van der Waals surface area (Å²) in [5, 5.41) is 10.1. The molecule has 1 fully saturated rings. The third kappa shape index (κ3) is 2.54. The number of hydrogen-bond acceptors (Lipinski definition) is 3. The third-order valence-corrected chi connectivity index (χ3v) is 3.61. The van der Waals surface area contributed by atoms with Crippen molar-refractivity contribution in [3.63, 3.8) is 0 Å². The van der Waals surface area contributed by atoms with Gasteiger partial charge in [0.2, 0.25) is 0 Å². The highest BCUT2D eigenvalue weighted by molar-refractivity contribution is 7.98. The molecule has 2 unspecified atom stereocenters. The Morgan fingerprint density at radius 3 is 2.67 bits per heavy atom. The molecule has 1 heterocycles. The van der Waals surface area contributed by atoms with Gasteiger partial charge in [0.05, 0.1) is 12.7 Å². The van der Waals surface area contributed by atoms with E-state index in [1.807, 2.05) is 12.1 Å². The minimum Gasteiger partial charge on any atom is -0.388 e. The van der Waals surface area contributed by atoms with Crippen LogP contribution < -0.4 is 0 Å². The average molecular weight is 224 g/mol. The van der Waals surface area contributed by atoms with Gasteiger partial charge >= 0.3 is 0 Å². The second kappa shape index (κ2) is 5.01. The van der Waals surface area contributed by atoms with Crippen LogP contribution in [0, 0.1) is 5.92 Å². The van der Waals surface area contributed by atoms with Crippen molar-refractivity contribution in [3.8, 4) is 0 Å². The summed E-state index contributed by atoms with van der Waals surface area (Å²) in [4.78, 5) is 1.23. The first kappa shape index (κ1) is 11.0. The summed E-state index contributed by atoms with van der Waals surface area (Å²) in [7, 11) is 0. The van der Waals surface area contributed by atoms with Crippen LogP contribution in [0.15, 0.2) is 29.2 Å². The Morgan fingerprint density at radius 2 is 2.13 bits per heavy atom. The molecule has 3 heteroatoms. The van der Waals surface area contributed by atoms with Crippen LogP contribution in [0.4, 0.5) is 0 Å². The molecule has 0 saturated carbocycles. The second-order valence-corrected chi connectivity index (χ2v) is 4.72. The molecule has 1 N–H and O–H groups in total. The standard InChI is InChI=1S/C12H16O2S/c1-15-11-4-2-9(3-5-11)12(13)10-6-7-14-8-10/h2-5,10,12-13H,6-8H2,1H3. The van der Waals surface area contributed by atoms with Gasteiger partial charge in [-0.2, -0.15) is 0 Å². The van der Waals surface area contributed by atoms with E-state index in [1.54, 1.807) is 11.8 Å². The lowest BCUT2D eigenvalue weighted by atomic mass is 9.95. The highest BCUT2D eigenvalue weighted by Gasteiger charge is 2.24. The monoisotopic (exact) mass is 224 g/mol. The number of ether oxygens (including phenoxy) is 1. The van der Waals surface area contributed by atoms with E-state index in [-0.39, 0.29) is 12.0 Å². The molecule has 15 heavy (non-hydrogen) atoms. The predicted octanol–water partition coefficient (Wildman–Crippen LogP) is 2.48. The molecule has 0 aromatic heterocycles. The van der Waals surface area contributed by atoms with Gasteiger partial charge in [-0.1, -0.05) is 12.1 Å². The van der Waals surface area contributed by atoms with Crippen molar-refractivity contribution in [2.75, 3.05) is 19.5 Å². The lowest BCUT2D eigenvalue weighted by molar-refractivity contribution is 0.0918. The number of benzene rings is 1. The molecule has 2 atom stereocenters. The van der Waals surface area contributed by atoms with Crippen molar-refractivity contribution in [2.24, 2.45) is 5.92 Å². The Hall–Kier alpha value is -0.510. The highest BCUT2D eigenvalue weighted by atomic mass is 32.2. The summed E-state index contributed by atoms with van der Waals surface area (Å²) < 4.78 is 5.28. The van der Waals surface area contributed by atoms with Gasteiger partial charge in [0, 0.05) is 17.4 Å². The van der Waals surface area contributed by atoms with Crippen LogP contribution in [0.25, 0.3) is 0 Å². The Bertz CT molecular complexity index is 304. The first-order valence-corrected chi connectivity index (χ1v) is 6.43. The van der Waals surface area contributed by atoms with E-state index >= 15 is 0 Å². The number of aliphatic hydroxyl groups is 1. The van der Waals surface area contributed by atoms with Crippen LogP contribution in [-0.2, 0) is 4.74 Å². The Morgan fingerprint density at radius 1 is 1.40 bits per heavy atom. The van der Waals surface area contributed by atoms with E-state index in [0.29, 0.717) is 6.61 Å². The summed E-state index contributed by atoms with van der Waals surface area (Å²) >= 11 is 1.72. The first-order valence-electron chi connectivity index (χ1n) is 5.21. The van der Waals surface area contributed by atoms with Gasteiger partial charge in [0.1, 0.15) is 0 Å². The fourth-order valence-electron chi connectivity index (χ4n) is 1.88. The van der Waals surface area contributed by atoms with Crippen LogP contribution in [0.3, 0.4) is 0 Å². The minimum absolute atomic E-state index is 0.269. The van der Waals surface area contributed by atoms with Crippen molar-refractivity contribution in [3.05, 3.63) is 29.8 Å². The van der Waals surface area contributed by atoms with E-state index in [4.69, 9.17) is 4.74 Å². The van der Waals surface area contributed by atoms with Gasteiger partial charge in [-0.25, -0.2) is 0 Å². The van der Waals surface area contributed by atoms with Gasteiger partial charge in [-0.05, 0) is 30.4 Å². The van der Waals surface area contributed by atoms with Crippen molar-refractivity contribution < 1.29 is 9.84 Å². The smallest absolute Gasteiger partial charge is 0.0841 e. The van der Waals surface area contributed by atoms with Crippen LogP contribution in [-0.4, -0.2) is 24.6 Å². The quantitative estimate of drug-likeness (QED) is 0.800. The van der Waals surface area contributed by atoms with Crippen molar-refractivity contribution in [2.45, 2.75) is 17.4 Å². The molecule has 1 saturated heterocycles. The van der Waals surface area contributed by atoms with E-state index in [0.717, 1.165) is 18.6 Å². The van der Waals surface area contributed by atoms with Crippen molar-refractivity contribution in [1.29, 1.82) is 0 Å². The van der Waals surface area contributed by atoms with Crippen LogP contribution in [0.5, 0.6) is 0 Å². The summed E-state index contributed by atoms with van der Waals surface area (Å²) in [5.41, 5.74) is 1.00. The molecular weight excluding hydrogens is 208 g/mol. The molecule has 1 aliphatic rings. The predicted molar refractivity (Wildman–Crippen MR) is 62.1 cm³/mol. The van der Waals surface area contributed by atoms with E-state index in [2.05, 4.69) is 18.4 Å². The first-order chi connectivity index (χ1) is 7.31. The molecule has 1 aromatic rings. The molecule has 0 amide bonds. The maximum atomic E-state index is 10.1. The van der Waals surface area contributed by atoms with Gasteiger partial charge in [-0.3, -0.25) is 0 Å².